The summed E-state index contributed by atoms with van der Waals surface area (Å²) in [7, 11) is 1.65. The van der Waals surface area contributed by atoms with Crippen LogP contribution in [0.2, 0.25) is 0 Å². The van der Waals surface area contributed by atoms with Crippen molar-refractivity contribution in [2.45, 2.75) is 9.92 Å². The van der Waals surface area contributed by atoms with Gasteiger partial charge in [-0.3, -0.25) is 5.43 Å². The third-order valence-electron chi connectivity index (χ3n) is 2.69. The first-order valence-corrected chi connectivity index (χ1v) is 7.53. The van der Waals surface area contributed by atoms with Gasteiger partial charge in [-0.25, -0.2) is 15.8 Å². The molecule has 0 saturated heterocycles. The Balaban J connectivity index is 1.98. The molecule has 7 heteroatoms. The van der Waals surface area contributed by atoms with E-state index in [0.717, 1.165) is 25.9 Å². The van der Waals surface area contributed by atoms with Crippen LogP contribution < -0.4 is 16.0 Å². The second-order valence-electron chi connectivity index (χ2n) is 3.91. The molecule has 2 heterocycles. The summed E-state index contributed by atoms with van der Waals surface area (Å²) < 4.78 is 5.15. The van der Waals surface area contributed by atoms with E-state index in [1.165, 1.54) is 0 Å². The van der Waals surface area contributed by atoms with E-state index in [4.69, 9.17) is 10.6 Å². The van der Waals surface area contributed by atoms with Crippen LogP contribution >= 0.6 is 23.1 Å². The number of fused-ring (bicyclic) bond motifs is 1. The number of anilines is 1. The molecule has 0 amide bonds. The van der Waals surface area contributed by atoms with Gasteiger partial charge in [0, 0.05) is 10.3 Å². The van der Waals surface area contributed by atoms with E-state index in [1.807, 2.05) is 35.7 Å². The summed E-state index contributed by atoms with van der Waals surface area (Å²) >= 11 is 3.14. The molecule has 0 unspecified atom stereocenters. The molecule has 0 atom stereocenters. The molecule has 20 heavy (non-hydrogen) atoms. The average molecular weight is 304 g/mol. The lowest BCUT2D eigenvalue weighted by molar-refractivity contribution is 0.414. The fraction of sp³-hybridized carbons (Fsp3) is 0.0769. The molecule has 0 radical (unpaired) electrons. The molecular formula is C13H12N4OS2. The van der Waals surface area contributed by atoms with Gasteiger partial charge < -0.3 is 4.74 Å². The highest BCUT2D eigenvalue weighted by atomic mass is 32.2. The maximum absolute atomic E-state index is 5.41. The Morgan fingerprint density at radius 2 is 2.00 bits per heavy atom. The van der Waals surface area contributed by atoms with Crippen molar-refractivity contribution in [2.75, 3.05) is 12.5 Å². The van der Waals surface area contributed by atoms with Gasteiger partial charge in [-0.1, -0.05) is 11.8 Å². The molecule has 5 nitrogen and oxygen atoms in total. The predicted octanol–water partition coefficient (Wildman–Crippen LogP) is 3.14. The topological polar surface area (TPSA) is 73.1 Å². The van der Waals surface area contributed by atoms with E-state index < -0.39 is 0 Å². The Morgan fingerprint density at radius 3 is 2.70 bits per heavy atom. The summed E-state index contributed by atoms with van der Waals surface area (Å²) in [5.41, 5.74) is 2.50. The molecule has 0 aliphatic carbocycles. The lowest BCUT2D eigenvalue weighted by atomic mass is 10.3. The minimum atomic E-state index is 0.427. The zero-order valence-electron chi connectivity index (χ0n) is 10.7. The summed E-state index contributed by atoms with van der Waals surface area (Å²) in [6.07, 6.45) is 0. The van der Waals surface area contributed by atoms with Gasteiger partial charge >= 0.3 is 0 Å². The van der Waals surface area contributed by atoms with Crippen molar-refractivity contribution in [3.8, 4) is 5.75 Å². The third-order valence-corrected chi connectivity index (χ3v) is 4.51. The van der Waals surface area contributed by atoms with Crippen LogP contribution in [-0.2, 0) is 0 Å². The van der Waals surface area contributed by atoms with E-state index in [2.05, 4.69) is 15.4 Å². The highest BCUT2D eigenvalue weighted by Gasteiger charge is 2.10. The number of thiophene rings is 1. The molecule has 1 aromatic carbocycles. The molecule has 0 aliphatic heterocycles. The molecule has 0 saturated carbocycles. The van der Waals surface area contributed by atoms with Crippen molar-refractivity contribution in [3.63, 3.8) is 0 Å². The van der Waals surface area contributed by atoms with Gasteiger partial charge in [0.25, 0.3) is 0 Å². The Kier molecular flexibility index (Phi) is 3.72. The third kappa shape index (κ3) is 2.55. The van der Waals surface area contributed by atoms with E-state index >= 15 is 0 Å². The zero-order chi connectivity index (χ0) is 13.9. The van der Waals surface area contributed by atoms with Crippen LogP contribution in [0.5, 0.6) is 5.75 Å². The SMILES string of the molecule is COc1ccc(Sc2nc(NN)nc3sccc23)cc1. The van der Waals surface area contributed by atoms with Gasteiger partial charge in [-0.2, -0.15) is 0 Å². The van der Waals surface area contributed by atoms with Crippen molar-refractivity contribution in [1.29, 1.82) is 0 Å². The number of nitrogens with one attached hydrogen (secondary N) is 1. The van der Waals surface area contributed by atoms with E-state index in [1.54, 1.807) is 30.2 Å². The Bertz CT molecular complexity index is 727. The zero-order valence-corrected chi connectivity index (χ0v) is 12.3. The van der Waals surface area contributed by atoms with Gasteiger partial charge in [0.15, 0.2) is 0 Å². The fourth-order valence-electron chi connectivity index (χ4n) is 1.73. The number of ether oxygens (including phenoxy) is 1. The highest BCUT2D eigenvalue weighted by molar-refractivity contribution is 7.99. The molecule has 0 aliphatic rings. The largest absolute Gasteiger partial charge is 0.497 e. The number of hydrogen-bond donors (Lipinski definition) is 2. The summed E-state index contributed by atoms with van der Waals surface area (Å²) in [4.78, 5) is 10.7. The van der Waals surface area contributed by atoms with Gasteiger partial charge in [-0.15, -0.1) is 11.3 Å². The molecule has 2 aromatic heterocycles. The number of hydrogen-bond acceptors (Lipinski definition) is 7. The first-order valence-electron chi connectivity index (χ1n) is 5.84. The number of nitrogens with two attached hydrogens (primary N) is 1. The lowest BCUT2D eigenvalue weighted by Crippen LogP contribution is -2.10. The predicted molar refractivity (Wildman–Crippen MR) is 82.3 cm³/mol. The standard InChI is InChI=1S/C13H12N4OS2/c1-18-8-2-4-9(5-3-8)20-12-10-6-7-19-11(10)15-13(16-12)17-14/h2-7H,14H2,1H3,(H,15,16,17). The summed E-state index contributed by atoms with van der Waals surface area (Å²) in [5, 5.41) is 3.92. The summed E-state index contributed by atoms with van der Waals surface area (Å²) in [6.45, 7) is 0. The van der Waals surface area contributed by atoms with Crippen LogP contribution in [0.15, 0.2) is 45.6 Å². The first-order chi connectivity index (χ1) is 9.80. The molecular weight excluding hydrogens is 292 g/mol. The normalized spacial score (nSPS) is 10.7. The second kappa shape index (κ2) is 5.66. The maximum Gasteiger partial charge on any atom is 0.239 e. The fourth-order valence-corrected chi connectivity index (χ4v) is 3.46. The number of nitrogen functional groups attached to an aromatic ring is 1. The lowest BCUT2D eigenvalue weighted by Gasteiger charge is -2.06. The summed E-state index contributed by atoms with van der Waals surface area (Å²) in [5.74, 6) is 6.68. The van der Waals surface area contributed by atoms with Crippen LogP contribution in [0.1, 0.15) is 0 Å². The Morgan fingerprint density at radius 1 is 1.20 bits per heavy atom. The van der Waals surface area contributed by atoms with Crippen molar-refractivity contribution in [3.05, 3.63) is 35.7 Å². The van der Waals surface area contributed by atoms with E-state index in [-0.39, 0.29) is 0 Å². The maximum atomic E-state index is 5.41. The summed E-state index contributed by atoms with van der Waals surface area (Å²) in [6, 6.07) is 9.87. The van der Waals surface area contributed by atoms with Gasteiger partial charge in [-0.05, 0) is 35.7 Å². The van der Waals surface area contributed by atoms with Crippen LogP contribution in [0, 0.1) is 0 Å². The molecule has 0 bridgehead atoms. The monoisotopic (exact) mass is 304 g/mol. The highest BCUT2D eigenvalue weighted by Crippen LogP contribution is 2.34. The quantitative estimate of drug-likeness (QED) is 0.438. The molecule has 3 aromatic rings. The van der Waals surface area contributed by atoms with Crippen LogP contribution in [0.4, 0.5) is 5.95 Å². The molecule has 102 valence electrons. The molecule has 0 spiro atoms. The van der Waals surface area contributed by atoms with E-state index in [0.29, 0.717) is 5.95 Å². The average Bonchev–Trinajstić information content (AvgIpc) is 2.96. The molecule has 0 fully saturated rings. The van der Waals surface area contributed by atoms with Crippen molar-refractivity contribution < 1.29 is 4.74 Å². The smallest absolute Gasteiger partial charge is 0.239 e. The second-order valence-corrected chi connectivity index (χ2v) is 5.87. The number of hydrazine groups is 1. The Labute approximate surface area is 124 Å². The first kappa shape index (κ1) is 13.2. The molecule has 3 rings (SSSR count). The van der Waals surface area contributed by atoms with Gasteiger partial charge in [0.1, 0.15) is 15.6 Å². The molecule has 3 N–H and O–H groups in total. The van der Waals surface area contributed by atoms with Crippen LogP contribution in [0.25, 0.3) is 10.2 Å². The van der Waals surface area contributed by atoms with Crippen molar-refractivity contribution in [1.82, 2.24) is 9.97 Å². The number of rotatable bonds is 4. The number of aromatic nitrogens is 2. The minimum absolute atomic E-state index is 0.427. The van der Waals surface area contributed by atoms with Gasteiger partial charge in [0.05, 0.1) is 7.11 Å². The van der Waals surface area contributed by atoms with Crippen LogP contribution in [0.3, 0.4) is 0 Å². The number of nitrogens with zero attached hydrogens (tertiary/aromatic N) is 2. The van der Waals surface area contributed by atoms with Crippen LogP contribution in [-0.4, -0.2) is 17.1 Å². The van der Waals surface area contributed by atoms with Crippen molar-refractivity contribution in [2.24, 2.45) is 5.84 Å². The number of methoxy groups -OCH3 is 1. The number of benzene rings is 1. The van der Waals surface area contributed by atoms with Crippen molar-refractivity contribution >= 4 is 39.3 Å². The van der Waals surface area contributed by atoms with Gasteiger partial charge in [0.2, 0.25) is 5.95 Å². The minimum Gasteiger partial charge on any atom is -0.497 e. The van der Waals surface area contributed by atoms with E-state index in [9.17, 15) is 0 Å². The Hall–Kier alpha value is -1.83.